The Kier molecular flexibility index (Phi) is 5.26. The third-order valence-electron chi connectivity index (χ3n) is 3.05. The van der Waals surface area contributed by atoms with Crippen molar-refractivity contribution in [3.8, 4) is 0 Å². The molecule has 0 heterocycles. The number of hydrogen-bond donors (Lipinski definition) is 0. The van der Waals surface area contributed by atoms with Crippen LogP contribution in [-0.4, -0.2) is 0 Å². The van der Waals surface area contributed by atoms with Crippen molar-refractivity contribution in [2.45, 2.75) is 25.7 Å². The van der Waals surface area contributed by atoms with Gasteiger partial charge in [-0.15, -0.1) is 0 Å². The molecule has 0 spiro atoms. The number of benzene rings is 2. The van der Waals surface area contributed by atoms with E-state index in [2.05, 4.69) is 72.8 Å². The van der Waals surface area contributed by atoms with Crippen LogP contribution in [0.4, 0.5) is 0 Å². The van der Waals surface area contributed by atoms with Gasteiger partial charge in [0.1, 0.15) is 0 Å². The molecule has 2 rings (SSSR count). The van der Waals surface area contributed by atoms with E-state index in [1.165, 1.54) is 11.1 Å². The molecule has 0 fully saturated rings. The van der Waals surface area contributed by atoms with E-state index in [9.17, 15) is 0 Å². The van der Waals surface area contributed by atoms with Gasteiger partial charge in [0.2, 0.25) is 0 Å². The van der Waals surface area contributed by atoms with Crippen molar-refractivity contribution < 1.29 is 0 Å². The van der Waals surface area contributed by atoms with E-state index in [1.807, 2.05) is 0 Å². The predicted molar refractivity (Wildman–Crippen MR) is 78.7 cm³/mol. The molecule has 92 valence electrons. The minimum Gasteiger partial charge on any atom is -0.0882 e. The number of rotatable bonds is 6. The van der Waals surface area contributed by atoms with E-state index < -0.39 is 0 Å². The number of hydrogen-bond acceptors (Lipinski definition) is 0. The van der Waals surface area contributed by atoms with E-state index in [0.717, 1.165) is 25.7 Å². The number of allylic oxidation sites excluding steroid dienone is 2. The topological polar surface area (TPSA) is 0 Å². The van der Waals surface area contributed by atoms with Gasteiger partial charge in [-0.25, -0.2) is 0 Å². The highest BCUT2D eigenvalue weighted by atomic mass is 14.0. The van der Waals surface area contributed by atoms with Crippen LogP contribution in [-0.2, 0) is 12.8 Å². The Morgan fingerprint density at radius 3 is 1.33 bits per heavy atom. The van der Waals surface area contributed by atoms with Crippen molar-refractivity contribution in [3.05, 3.63) is 83.9 Å². The Morgan fingerprint density at radius 1 is 0.556 bits per heavy atom. The summed E-state index contributed by atoms with van der Waals surface area (Å²) < 4.78 is 0. The Balaban J connectivity index is 1.64. The normalized spacial score (nSPS) is 10.9. The molecule has 0 aromatic heterocycles. The Labute approximate surface area is 110 Å². The summed E-state index contributed by atoms with van der Waals surface area (Å²) in [7, 11) is 0. The van der Waals surface area contributed by atoms with Crippen LogP contribution in [0.1, 0.15) is 24.0 Å². The summed E-state index contributed by atoms with van der Waals surface area (Å²) in [6.45, 7) is 0. The van der Waals surface area contributed by atoms with Gasteiger partial charge in [0.25, 0.3) is 0 Å². The summed E-state index contributed by atoms with van der Waals surface area (Å²) >= 11 is 0. The zero-order valence-corrected chi connectivity index (χ0v) is 10.8. The van der Waals surface area contributed by atoms with E-state index in [1.54, 1.807) is 0 Å². The lowest BCUT2D eigenvalue weighted by Gasteiger charge is -1.98. The van der Waals surface area contributed by atoms with Gasteiger partial charge in [0.05, 0.1) is 0 Å². The van der Waals surface area contributed by atoms with Crippen LogP contribution in [0.25, 0.3) is 0 Å². The first-order chi connectivity index (χ1) is 8.95. The standard InChI is InChI=1S/C18H20/c1(5-11-17-13-7-3-8-14-17)2-6-12-18-15-9-4-10-16-18/h1-4,7-10,13-16H,5-6,11-12H2. The van der Waals surface area contributed by atoms with Crippen molar-refractivity contribution in [2.75, 3.05) is 0 Å². The molecule has 0 aliphatic heterocycles. The molecule has 0 aliphatic rings. The minimum atomic E-state index is 1.14. The van der Waals surface area contributed by atoms with Crippen molar-refractivity contribution in [2.24, 2.45) is 0 Å². The molecule has 0 saturated carbocycles. The average molecular weight is 236 g/mol. The molecule has 0 radical (unpaired) electrons. The number of aryl methyl sites for hydroxylation is 2. The largest absolute Gasteiger partial charge is 0.0882 e. The highest BCUT2D eigenvalue weighted by Crippen LogP contribution is 2.05. The Hall–Kier alpha value is -1.82. The highest BCUT2D eigenvalue weighted by molar-refractivity contribution is 5.16. The molecule has 0 nitrogen and oxygen atoms in total. The molecule has 0 amide bonds. The molecule has 2 aromatic rings. The summed E-state index contributed by atoms with van der Waals surface area (Å²) in [5.74, 6) is 0. The van der Waals surface area contributed by atoms with Gasteiger partial charge in [-0.05, 0) is 36.8 Å². The van der Waals surface area contributed by atoms with Crippen LogP contribution >= 0.6 is 0 Å². The lowest BCUT2D eigenvalue weighted by atomic mass is 10.1. The van der Waals surface area contributed by atoms with Gasteiger partial charge >= 0.3 is 0 Å². The summed E-state index contributed by atoms with van der Waals surface area (Å²) in [5, 5.41) is 0. The van der Waals surface area contributed by atoms with Gasteiger partial charge in [-0.2, -0.15) is 0 Å². The van der Waals surface area contributed by atoms with Gasteiger partial charge in [-0.3, -0.25) is 0 Å². The maximum Gasteiger partial charge on any atom is -0.0244 e. The molecule has 0 bridgehead atoms. The molecular formula is C18H20. The molecule has 2 aromatic carbocycles. The first-order valence-electron chi connectivity index (χ1n) is 6.68. The van der Waals surface area contributed by atoms with E-state index in [-0.39, 0.29) is 0 Å². The zero-order chi connectivity index (χ0) is 12.5. The van der Waals surface area contributed by atoms with Crippen molar-refractivity contribution in [3.63, 3.8) is 0 Å². The molecule has 18 heavy (non-hydrogen) atoms. The third kappa shape index (κ3) is 4.58. The zero-order valence-electron chi connectivity index (χ0n) is 10.8. The minimum absolute atomic E-state index is 1.14. The van der Waals surface area contributed by atoms with Crippen LogP contribution in [0.3, 0.4) is 0 Å². The molecule has 0 N–H and O–H groups in total. The van der Waals surface area contributed by atoms with E-state index in [4.69, 9.17) is 0 Å². The fourth-order valence-corrected chi connectivity index (χ4v) is 2.03. The predicted octanol–water partition coefficient (Wildman–Crippen LogP) is 4.81. The van der Waals surface area contributed by atoms with E-state index >= 15 is 0 Å². The van der Waals surface area contributed by atoms with Crippen molar-refractivity contribution in [1.29, 1.82) is 0 Å². The van der Waals surface area contributed by atoms with Gasteiger partial charge in [-0.1, -0.05) is 72.8 Å². The highest BCUT2D eigenvalue weighted by Gasteiger charge is 1.89. The molecule has 0 aliphatic carbocycles. The summed E-state index contributed by atoms with van der Waals surface area (Å²) in [6, 6.07) is 21.3. The first-order valence-corrected chi connectivity index (χ1v) is 6.68. The Morgan fingerprint density at radius 2 is 0.944 bits per heavy atom. The molecule has 0 unspecified atom stereocenters. The van der Waals surface area contributed by atoms with Crippen LogP contribution in [0.2, 0.25) is 0 Å². The molecule has 0 heteroatoms. The lowest BCUT2D eigenvalue weighted by Crippen LogP contribution is -1.83. The fourth-order valence-electron chi connectivity index (χ4n) is 2.03. The summed E-state index contributed by atoms with van der Waals surface area (Å²) in [4.78, 5) is 0. The second kappa shape index (κ2) is 7.50. The lowest BCUT2D eigenvalue weighted by molar-refractivity contribution is 0.961. The van der Waals surface area contributed by atoms with Gasteiger partial charge in [0, 0.05) is 0 Å². The summed E-state index contributed by atoms with van der Waals surface area (Å²) in [5.41, 5.74) is 2.84. The van der Waals surface area contributed by atoms with Gasteiger partial charge in [0.15, 0.2) is 0 Å². The summed E-state index contributed by atoms with van der Waals surface area (Å²) in [6.07, 6.45) is 9.16. The van der Waals surface area contributed by atoms with Crippen molar-refractivity contribution in [1.82, 2.24) is 0 Å². The second-order valence-corrected chi connectivity index (χ2v) is 4.52. The third-order valence-corrected chi connectivity index (χ3v) is 3.05. The SMILES string of the molecule is C(=CCCc1ccccc1)CCc1ccccc1. The maximum absolute atomic E-state index is 2.30. The quantitative estimate of drug-likeness (QED) is 0.631. The molecule has 0 saturated heterocycles. The van der Waals surface area contributed by atoms with Crippen LogP contribution in [0.5, 0.6) is 0 Å². The maximum atomic E-state index is 2.30. The Bertz CT molecular complexity index is 408. The van der Waals surface area contributed by atoms with Crippen LogP contribution in [0.15, 0.2) is 72.8 Å². The first kappa shape index (κ1) is 12.6. The van der Waals surface area contributed by atoms with Crippen LogP contribution < -0.4 is 0 Å². The van der Waals surface area contributed by atoms with E-state index in [0.29, 0.717) is 0 Å². The average Bonchev–Trinajstić information content (AvgIpc) is 2.45. The smallest absolute Gasteiger partial charge is 0.0244 e. The monoisotopic (exact) mass is 236 g/mol. The van der Waals surface area contributed by atoms with Crippen molar-refractivity contribution >= 4 is 0 Å². The van der Waals surface area contributed by atoms with Gasteiger partial charge < -0.3 is 0 Å². The second-order valence-electron chi connectivity index (χ2n) is 4.52. The van der Waals surface area contributed by atoms with Crippen LogP contribution in [0, 0.1) is 0 Å². The molecular weight excluding hydrogens is 216 g/mol. The molecule has 0 atom stereocenters. The fraction of sp³-hybridized carbons (Fsp3) is 0.222.